The van der Waals surface area contributed by atoms with E-state index < -0.39 is 16.7 Å². The molecule has 0 saturated heterocycles. The van der Waals surface area contributed by atoms with Gasteiger partial charge in [-0.15, -0.1) is 0 Å². The second kappa shape index (κ2) is 7.16. The van der Waals surface area contributed by atoms with Gasteiger partial charge >= 0.3 is 0 Å². The van der Waals surface area contributed by atoms with Crippen LogP contribution in [-0.4, -0.2) is 33.7 Å². The summed E-state index contributed by atoms with van der Waals surface area (Å²) in [6, 6.07) is 16.0. The summed E-state index contributed by atoms with van der Waals surface area (Å²) in [5, 5.41) is 3.54. The van der Waals surface area contributed by atoms with Gasteiger partial charge < -0.3 is 5.32 Å². The van der Waals surface area contributed by atoms with Crippen molar-refractivity contribution in [3.05, 3.63) is 54.6 Å². The maximum Gasteiger partial charge on any atom is 0.241 e. The van der Waals surface area contributed by atoms with E-state index in [1.165, 1.54) is 6.07 Å². The smallest absolute Gasteiger partial charge is 0.241 e. The van der Waals surface area contributed by atoms with Gasteiger partial charge in [-0.2, -0.15) is 0 Å². The van der Waals surface area contributed by atoms with Crippen LogP contribution in [0.5, 0.6) is 0 Å². The molecular weight excluding hydrogens is 341 g/mol. The molecule has 0 unspecified atom stereocenters. The van der Waals surface area contributed by atoms with Crippen molar-refractivity contribution in [1.82, 2.24) is 9.71 Å². The Morgan fingerprint density at radius 3 is 2.48 bits per heavy atom. The molecule has 0 aliphatic carbocycles. The van der Waals surface area contributed by atoms with Crippen molar-refractivity contribution in [3.63, 3.8) is 0 Å². The van der Waals surface area contributed by atoms with Crippen LogP contribution in [0.1, 0.15) is 0 Å². The van der Waals surface area contributed by atoms with Gasteiger partial charge in [0.2, 0.25) is 10.0 Å². The van der Waals surface area contributed by atoms with E-state index in [-0.39, 0.29) is 11.4 Å². The summed E-state index contributed by atoms with van der Waals surface area (Å²) in [6.07, 6.45) is 0. The fraction of sp³-hybridized carbons (Fsp3) is 0.167. The highest BCUT2D eigenvalue weighted by molar-refractivity contribution is 7.89. The van der Waals surface area contributed by atoms with Crippen LogP contribution < -0.4 is 10.0 Å². The van der Waals surface area contributed by atoms with Crippen molar-refractivity contribution in [3.8, 4) is 11.3 Å². The summed E-state index contributed by atoms with van der Waals surface area (Å²) in [6.45, 7) is -1.02. The third-order valence-electron chi connectivity index (χ3n) is 3.82. The van der Waals surface area contributed by atoms with Gasteiger partial charge in [0.05, 0.1) is 16.1 Å². The van der Waals surface area contributed by atoms with Gasteiger partial charge in [0, 0.05) is 30.2 Å². The van der Waals surface area contributed by atoms with E-state index >= 15 is 0 Å². The number of hydrogen-bond donors (Lipinski definition) is 2. The molecule has 3 aromatic rings. The number of halogens is 1. The van der Waals surface area contributed by atoms with Crippen LogP contribution in [0, 0.1) is 0 Å². The zero-order chi connectivity index (χ0) is 17.9. The highest BCUT2D eigenvalue weighted by Crippen LogP contribution is 2.28. The third kappa shape index (κ3) is 3.62. The third-order valence-corrected chi connectivity index (χ3v) is 5.32. The minimum Gasteiger partial charge on any atom is -0.388 e. The normalized spacial score (nSPS) is 11.6. The Kier molecular flexibility index (Phi) is 4.96. The number of hydrogen-bond acceptors (Lipinski definition) is 4. The predicted molar refractivity (Wildman–Crippen MR) is 97.9 cm³/mol. The van der Waals surface area contributed by atoms with Gasteiger partial charge in [-0.25, -0.2) is 22.5 Å². The highest BCUT2D eigenvalue weighted by atomic mass is 32.2. The zero-order valence-corrected chi connectivity index (χ0v) is 14.5. The van der Waals surface area contributed by atoms with Crippen molar-refractivity contribution in [2.24, 2.45) is 0 Å². The Bertz CT molecular complexity index is 989. The number of nitrogens with zero attached hydrogens (tertiary/aromatic N) is 1. The molecule has 1 heterocycles. The topological polar surface area (TPSA) is 71.1 Å². The molecule has 0 radical (unpaired) electrons. The Morgan fingerprint density at radius 1 is 1.08 bits per heavy atom. The molecule has 0 saturated carbocycles. The largest absolute Gasteiger partial charge is 0.388 e. The van der Waals surface area contributed by atoms with Gasteiger partial charge in [0.1, 0.15) is 6.67 Å². The Morgan fingerprint density at radius 2 is 1.80 bits per heavy atom. The number of alkyl halides is 1. The number of sulfonamides is 1. The first-order valence-electron chi connectivity index (χ1n) is 7.79. The fourth-order valence-corrected chi connectivity index (χ4v) is 3.80. The van der Waals surface area contributed by atoms with Gasteiger partial charge in [-0.05, 0) is 24.3 Å². The van der Waals surface area contributed by atoms with E-state index in [1.54, 1.807) is 24.3 Å². The first-order chi connectivity index (χ1) is 12.0. The molecule has 2 N–H and O–H groups in total. The fourth-order valence-electron chi connectivity index (χ4n) is 2.57. The summed E-state index contributed by atoms with van der Waals surface area (Å²) in [7, 11) is -2.01. The van der Waals surface area contributed by atoms with Crippen molar-refractivity contribution in [2.75, 3.05) is 25.6 Å². The number of rotatable bonds is 6. The second-order valence-electron chi connectivity index (χ2n) is 5.44. The number of pyridine rings is 1. The van der Waals surface area contributed by atoms with E-state index in [9.17, 15) is 12.8 Å². The number of aromatic nitrogens is 1. The lowest BCUT2D eigenvalue weighted by molar-refractivity contribution is 0.487. The molecular formula is C18H18FN3O2S. The number of anilines is 1. The van der Waals surface area contributed by atoms with Crippen molar-refractivity contribution in [2.45, 2.75) is 4.90 Å². The van der Waals surface area contributed by atoms with Crippen molar-refractivity contribution < 1.29 is 12.8 Å². The molecule has 0 spiro atoms. The molecule has 130 valence electrons. The summed E-state index contributed by atoms with van der Waals surface area (Å²) in [5.74, 6) is 0. The summed E-state index contributed by atoms with van der Waals surface area (Å²) in [5.41, 5.74) is 2.86. The van der Waals surface area contributed by atoms with Crippen LogP contribution in [0.4, 0.5) is 10.1 Å². The lowest BCUT2D eigenvalue weighted by Gasteiger charge is -2.11. The number of para-hydroxylation sites is 1. The van der Waals surface area contributed by atoms with Gasteiger partial charge in [0.15, 0.2) is 0 Å². The average molecular weight is 359 g/mol. The number of nitrogens with one attached hydrogen (secondary N) is 2. The standard InChI is InChI=1S/C18H18FN3O2S/c1-20-14-8-6-13(7-9-14)17-12-18(25(23,24)21-11-10-19)15-4-2-3-5-16(15)22-17/h2-9,12,20-21H,10-11H2,1H3. The maximum atomic E-state index is 12.6. The van der Waals surface area contributed by atoms with Gasteiger partial charge in [0.25, 0.3) is 0 Å². The molecule has 1 aromatic heterocycles. The summed E-state index contributed by atoms with van der Waals surface area (Å²) in [4.78, 5) is 4.67. The van der Waals surface area contributed by atoms with Crippen LogP contribution in [0.25, 0.3) is 22.2 Å². The highest BCUT2D eigenvalue weighted by Gasteiger charge is 2.19. The number of benzene rings is 2. The van der Waals surface area contributed by atoms with Crippen LogP contribution in [0.2, 0.25) is 0 Å². The van der Waals surface area contributed by atoms with E-state index in [0.29, 0.717) is 16.6 Å². The summed E-state index contributed by atoms with van der Waals surface area (Å²) < 4.78 is 39.8. The van der Waals surface area contributed by atoms with Crippen LogP contribution in [-0.2, 0) is 10.0 Å². The zero-order valence-electron chi connectivity index (χ0n) is 13.7. The summed E-state index contributed by atoms with van der Waals surface area (Å²) >= 11 is 0. The number of fused-ring (bicyclic) bond motifs is 1. The van der Waals surface area contributed by atoms with Crippen molar-refractivity contribution >= 4 is 26.6 Å². The Balaban J connectivity index is 2.18. The molecule has 0 fully saturated rings. The van der Waals surface area contributed by atoms with Crippen LogP contribution >= 0.6 is 0 Å². The minimum absolute atomic E-state index is 0.0965. The first kappa shape index (κ1) is 17.3. The van der Waals surface area contributed by atoms with Crippen molar-refractivity contribution in [1.29, 1.82) is 0 Å². The SMILES string of the molecule is CNc1ccc(-c2cc(S(=O)(=O)NCCF)c3ccccc3n2)cc1. The monoisotopic (exact) mass is 359 g/mol. The Labute approximate surface area is 146 Å². The maximum absolute atomic E-state index is 12.6. The minimum atomic E-state index is -3.83. The van der Waals surface area contributed by atoms with Crippen LogP contribution in [0.15, 0.2) is 59.5 Å². The Hall–Kier alpha value is -2.51. The van der Waals surface area contributed by atoms with E-state index in [0.717, 1.165) is 11.3 Å². The van der Waals surface area contributed by atoms with E-state index in [4.69, 9.17) is 0 Å². The lowest BCUT2D eigenvalue weighted by Crippen LogP contribution is -2.26. The molecule has 2 aromatic carbocycles. The molecule has 7 heteroatoms. The molecule has 25 heavy (non-hydrogen) atoms. The first-order valence-corrected chi connectivity index (χ1v) is 9.27. The molecule has 0 aliphatic rings. The second-order valence-corrected chi connectivity index (χ2v) is 7.17. The molecule has 0 amide bonds. The predicted octanol–water partition coefficient (Wildman–Crippen LogP) is 3.19. The molecule has 0 bridgehead atoms. The van der Waals surface area contributed by atoms with E-state index in [2.05, 4.69) is 15.0 Å². The molecule has 5 nitrogen and oxygen atoms in total. The van der Waals surface area contributed by atoms with Gasteiger partial charge in [-0.3, -0.25) is 0 Å². The average Bonchev–Trinajstić information content (AvgIpc) is 2.65. The quantitative estimate of drug-likeness (QED) is 0.709. The van der Waals surface area contributed by atoms with Gasteiger partial charge in [-0.1, -0.05) is 30.3 Å². The lowest BCUT2D eigenvalue weighted by atomic mass is 10.1. The van der Waals surface area contributed by atoms with E-state index in [1.807, 2.05) is 31.3 Å². The van der Waals surface area contributed by atoms with Crippen LogP contribution in [0.3, 0.4) is 0 Å². The molecule has 0 atom stereocenters. The molecule has 0 aliphatic heterocycles. The molecule has 3 rings (SSSR count).